The zero-order valence-corrected chi connectivity index (χ0v) is 40.9. The van der Waals surface area contributed by atoms with Crippen LogP contribution in [0.2, 0.25) is 0 Å². The molecule has 0 amide bonds. The van der Waals surface area contributed by atoms with E-state index in [0.29, 0.717) is 0 Å². The standard InChI is InChI=1S/C72H46N2O/c1-3-17-62-50(11-1)23-24-57-44-55(32-40-63(57)62)53-14-9-13-52(43-53)47-25-34-58(35-26-47)73(60-38-29-49(30-39-60)56-33-41-67-68-42-31-51-12-2-4-18-64(51)72(68)75-71(67)46-56)59-36-27-48(28-37-59)54-15-10-16-61(45-54)74-69-21-7-5-19-65(69)66-20-6-8-22-70(66)74/h1-46H. The van der Waals surface area contributed by atoms with Crippen molar-refractivity contribution in [3.05, 3.63) is 279 Å². The zero-order valence-electron chi connectivity index (χ0n) is 40.9. The average Bonchev–Trinajstić information content (AvgIpc) is 4.04. The summed E-state index contributed by atoms with van der Waals surface area (Å²) in [7, 11) is 0. The number of fused-ring (bicyclic) bond motifs is 11. The molecule has 3 nitrogen and oxygen atoms in total. The number of aromatic nitrogens is 1. The van der Waals surface area contributed by atoms with Gasteiger partial charge in [0.15, 0.2) is 0 Å². The molecule has 0 bridgehead atoms. The number of hydrogen-bond acceptors (Lipinski definition) is 2. The molecule has 3 heteroatoms. The zero-order chi connectivity index (χ0) is 49.4. The fraction of sp³-hybridized carbons (Fsp3) is 0. The lowest BCUT2D eigenvalue weighted by molar-refractivity contribution is 0.673. The third-order valence-electron chi connectivity index (χ3n) is 15.4. The van der Waals surface area contributed by atoms with Crippen LogP contribution in [-0.2, 0) is 0 Å². The summed E-state index contributed by atoms with van der Waals surface area (Å²) in [6.45, 7) is 0. The van der Waals surface area contributed by atoms with E-state index in [2.05, 4.69) is 289 Å². The van der Waals surface area contributed by atoms with Gasteiger partial charge in [0.2, 0.25) is 0 Å². The summed E-state index contributed by atoms with van der Waals surface area (Å²) in [6.07, 6.45) is 0. The SMILES string of the molecule is c1cc(-c2ccc(N(c3ccc(-c4cccc(-n5c6ccccc6c6ccccc65)c4)cc3)c3ccc(-c4ccc5c(c4)oc4c6ccccc6ccc54)cc3)cc2)cc(-c2ccc3c(ccc4ccccc43)c2)c1. The highest BCUT2D eigenvalue weighted by Gasteiger charge is 2.17. The van der Waals surface area contributed by atoms with Crippen LogP contribution in [0.25, 0.3) is 126 Å². The molecule has 0 fully saturated rings. The number of nitrogens with zero attached hydrogens (tertiary/aromatic N) is 2. The average molecular weight is 955 g/mol. The second-order valence-corrected chi connectivity index (χ2v) is 19.7. The number of hydrogen-bond donors (Lipinski definition) is 0. The van der Waals surface area contributed by atoms with Crippen molar-refractivity contribution in [1.82, 2.24) is 4.57 Å². The highest BCUT2D eigenvalue weighted by molar-refractivity contribution is 6.15. The van der Waals surface area contributed by atoms with Gasteiger partial charge in [-0.15, -0.1) is 0 Å². The lowest BCUT2D eigenvalue weighted by Crippen LogP contribution is -2.09. The molecule has 0 aliphatic carbocycles. The summed E-state index contributed by atoms with van der Waals surface area (Å²) < 4.78 is 8.98. The number of benzene rings is 13. The highest BCUT2D eigenvalue weighted by Crippen LogP contribution is 2.41. The topological polar surface area (TPSA) is 21.3 Å². The largest absolute Gasteiger partial charge is 0.455 e. The lowest BCUT2D eigenvalue weighted by Gasteiger charge is -2.26. The smallest absolute Gasteiger partial charge is 0.143 e. The van der Waals surface area contributed by atoms with Gasteiger partial charge < -0.3 is 13.9 Å². The predicted molar refractivity (Wildman–Crippen MR) is 317 cm³/mol. The van der Waals surface area contributed by atoms with Gasteiger partial charge in [-0.1, -0.05) is 188 Å². The van der Waals surface area contributed by atoms with E-state index in [1.165, 1.54) is 65.4 Å². The van der Waals surface area contributed by atoms with Crippen molar-refractivity contribution in [3.8, 4) is 50.2 Å². The van der Waals surface area contributed by atoms with Gasteiger partial charge in [-0.25, -0.2) is 0 Å². The first-order valence-corrected chi connectivity index (χ1v) is 25.7. The Hall–Kier alpha value is -9.96. The van der Waals surface area contributed by atoms with Crippen LogP contribution in [-0.4, -0.2) is 4.57 Å². The first-order chi connectivity index (χ1) is 37.1. The molecule has 0 aliphatic rings. The Morgan fingerprint density at radius 1 is 0.253 bits per heavy atom. The van der Waals surface area contributed by atoms with E-state index in [1.54, 1.807) is 0 Å². The van der Waals surface area contributed by atoms with Crippen LogP contribution in [0.1, 0.15) is 0 Å². The summed E-state index contributed by atoms with van der Waals surface area (Å²) in [5, 5.41) is 12.2. The minimum Gasteiger partial charge on any atom is -0.455 e. The molecule has 2 aromatic heterocycles. The summed E-state index contributed by atoms with van der Waals surface area (Å²) in [5.41, 5.74) is 17.9. The van der Waals surface area contributed by atoms with E-state index in [4.69, 9.17) is 4.42 Å². The molecule has 0 spiro atoms. The van der Waals surface area contributed by atoms with Gasteiger partial charge in [0.1, 0.15) is 11.2 Å². The van der Waals surface area contributed by atoms with Gasteiger partial charge in [0.05, 0.1) is 11.0 Å². The van der Waals surface area contributed by atoms with Crippen LogP contribution in [0.15, 0.2) is 283 Å². The van der Waals surface area contributed by atoms with Gasteiger partial charge in [-0.3, -0.25) is 0 Å². The molecule has 75 heavy (non-hydrogen) atoms. The maximum absolute atomic E-state index is 6.60. The summed E-state index contributed by atoms with van der Waals surface area (Å²) in [5.74, 6) is 0. The fourth-order valence-corrected chi connectivity index (χ4v) is 11.6. The molecule has 350 valence electrons. The van der Waals surface area contributed by atoms with Crippen LogP contribution in [0, 0.1) is 0 Å². The first-order valence-electron chi connectivity index (χ1n) is 25.7. The lowest BCUT2D eigenvalue weighted by atomic mass is 9.95. The molecule has 0 aliphatic heterocycles. The van der Waals surface area contributed by atoms with Crippen molar-refractivity contribution in [2.75, 3.05) is 4.90 Å². The number of para-hydroxylation sites is 2. The van der Waals surface area contributed by atoms with E-state index >= 15 is 0 Å². The molecule has 0 unspecified atom stereocenters. The van der Waals surface area contributed by atoms with Gasteiger partial charge in [0, 0.05) is 49.7 Å². The van der Waals surface area contributed by atoms with Gasteiger partial charge >= 0.3 is 0 Å². The molecule has 0 saturated carbocycles. The fourth-order valence-electron chi connectivity index (χ4n) is 11.6. The van der Waals surface area contributed by atoms with E-state index in [-0.39, 0.29) is 0 Å². The van der Waals surface area contributed by atoms with Crippen molar-refractivity contribution in [2.45, 2.75) is 0 Å². The molecule has 15 aromatic rings. The monoisotopic (exact) mass is 954 g/mol. The number of rotatable bonds is 8. The Bertz CT molecular complexity index is 4640. The van der Waals surface area contributed by atoms with E-state index in [9.17, 15) is 0 Å². The molecular formula is C72H46N2O. The third-order valence-corrected chi connectivity index (χ3v) is 15.4. The molecule has 0 radical (unpaired) electrons. The van der Waals surface area contributed by atoms with Crippen molar-refractivity contribution >= 4 is 93.1 Å². The maximum atomic E-state index is 6.60. The predicted octanol–water partition coefficient (Wildman–Crippen LogP) is 20.3. The summed E-state index contributed by atoms with van der Waals surface area (Å²) in [4.78, 5) is 2.36. The molecule has 0 atom stereocenters. The van der Waals surface area contributed by atoms with Crippen LogP contribution in [0.4, 0.5) is 17.1 Å². The van der Waals surface area contributed by atoms with Crippen LogP contribution in [0.5, 0.6) is 0 Å². The Labute approximate surface area is 434 Å². The van der Waals surface area contributed by atoms with Gasteiger partial charge in [-0.2, -0.15) is 0 Å². The minimum absolute atomic E-state index is 0.891. The van der Waals surface area contributed by atoms with Crippen LogP contribution < -0.4 is 4.90 Å². The molecule has 15 rings (SSSR count). The minimum atomic E-state index is 0.891. The normalized spacial score (nSPS) is 11.7. The van der Waals surface area contributed by atoms with Crippen molar-refractivity contribution in [3.63, 3.8) is 0 Å². The molecule has 0 N–H and O–H groups in total. The van der Waals surface area contributed by atoms with E-state index < -0.39 is 0 Å². The van der Waals surface area contributed by atoms with Crippen molar-refractivity contribution in [2.24, 2.45) is 0 Å². The Kier molecular flexibility index (Phi) is 9.89. The van der Waals surface area contributed by atoms with Gasteiger partial charge in [0.25, 0.3) is 0 Å². The number of anilines is 3. The Morgan fingerprint density at radius 3 is 1.32 bits per heavy atom. The van der Waals surface area contributed by atoms with Crippen molar-refractivity contribution in [1.29, 1.82) is 0 Å². The molecule has 0 saturated heterocycles. The second kappa shape index (κ2) is 17.4. The Balaban J connectivity index is 0.781. The number of furan rings is 1. The molecule has 13 aromatic carbocycles. The van der Waals surface area contributed by atoms with Crippen LogP contribution >= 0.6 is 0 Å². The van der Waals surface area contributed by atoms with E-state index in [1.807, 2.05) is 0 Å². The Morgan fingerprint density at radius 2 is 0.680 bits per heavy atom. The maximum Gasteiger partial charge on any atom is 0.143 e. The quantitative estimate of drug-likeness (QED) is 0.142. The molecule has 2 heterocycles. The highest BCUT2D eigenvalue weighted by atomic mass is 16.3. The third kappa shape index (κ3) is 7.28. The van der Waals surface area contributed by atoms with Crippen molar-refractivity contribution < 1.29 is 4.42 Å². The first kappa shape index (κ1) is 42.7. The van der Waals surface area contributed by atoms with Gasteiger partial charge in [-0.05, 0) is 162 Å². The summed E-state index contributed by atoms with van der Waals surface area (Å²) >= 11 is 0. The molecular weight excluding hydrogens is 909 g/mol. The summed E-state index contributed by atoms with van der Waals surface area (Å²) in [6, 6.07) is 101. The van der Waals surface area contributed by atoms with E-state index in [0.717, 1.165) is 77.9 Å². The second-order valence-electron chi connectivity index (χ2n) is 19.7. The van der Waals surface area contributed by atoms with Crippen LogP contribution in [0.3, 0.4) is 0 Å².